The minimum absolute atomic E-state index is 0.0556. The SMILES string of the molecule is CC(C)[C@@H]1OC(=O)Nc2ncnc(-c3cc(C(F)(F)F)cc(N4CCN[C@@H](C)C4)n3)c21. The standard InChI is InChI=1S/C20H23F3N6O2/c1-10(2)17-15-16(25-9-26-18(15)28-19(30)31-17)13-6-12(20(21,22)23)7-14(27-13)29-5-4-24-11(3)8-29/h6-7,9-11,17,24H,4-5,8H2,1-3H3,(H,25,26,28,30)/t11-,17-/m0/s1. The van der Waals surface area contributed by atoms with Crippen LogP contribution >= 0.6 is 0 Å². The number of alkyl halides is 3. The molecule has 31 heavy (non-hydrogen) atoms. The number of hydrogen-bond acceptors (Lipinski definition) is 7. The van der Waals surface area contributed by atoms with E-state index in [-0.39, 0.29) is 35.0 Å². The van der Waals surface area contributed by atoms with Crippen LogP contribution in [0.5, 0.6) is 0 Å². The second-order valence-corrected chi connectivity index (χ2v) is 8.08. The van der Waals surface area contributed by atoms with Gasteiger partial charge < -0.3 is 15.0 Å². The molecular weight excluding hydrogens is 413 g/mol. The number of pyridine rings is 1. The molecule has 4 rings (SSSR count). The first kappa shape index (κ1) is 21.3. The number of anilines is 2. The van der Waals surface area contributed by atoms with Gasteiger partial charge in [-0.05, 0) is 25.0 Å². The number of fused-ring (bicyclic) bond motifs is 1. The van der Waals surface area contributed by atoms with Crippen LogP contribution in [0.1, 0.15) is 38.0 Å². The van der Waals surface area contributed by atoms with Gasteiger partial charge in [0.05, 0.1) is 16.8 Å². The van der Waals surface area contributed by atoms with Crippen LogP contribution in [0.4, 0.5) is 29.6 Å². The highest BCUT2D eigenvalue weighted by atomic mass is 19.4. The minimum atomic E-state index is -4.55. The van der Waals surface area contributed by atoms with Crippen molar-refractivity contribution in [3.63, 3.8) is 0 Å². The molecule has 0 radical (unpaired) electrons. The number of nitrogens with zero attached hydrogens (tertiary/aromatic N) is 4. The second-order valence-electron chi connectivity index (χ2n) is 8.08. The Kier molecular flexibility index (Phi) is 5.46. The molecule has 1 saturated heterocycles. The summed E-state index contributed by atoms with van der Waals surface area (Å²) in [5, 5.41) is 5.77. The van der Waals surface area contributed by atoms with Gasteiger partial charge in [-0.2, -0.15) is 13.2 Å². The molecule has 1 amide bonds. The van der Waals surface area contributed by atoms with Crippen molar-refractivity contribution >= 4 is 17.7 Å². The number of hydrogen-bond donors (Lipinski definition) is 2. The summed E-state index contributed by atoms with van der Waals surface area (Å²) in [5.74, 6) is 0.303. The lowest BCUT2D eigenvalue weighted by atomic mass is 9.95. The van der Waals surface area contributed by atoms with Crippen LogP contribution in [-0.4, -0.2) is 46.7 Å². The van der Waals surface area contributed by atoms with Crippen LogP contribution in [0.2, 0.25) is 0 Å². The topological polar surface area (TPSA) is 92.3 Å². The summed E-state index contributed by atoms with van der Waals surface area (Å²) in [6, 6.07) is 2.16. The Labute approximate surface area is 177 Å². The van der Waals surface area contributed by atoms with Gasteiger partial charge in [-0.25, -0.2) is 19.7 Å². The van der Waals surface area contributed by atoms with E-state index < -0.39 is 23.9 Å². The quantitative estimate of drug-likeness (QED) is 0.759. The van der Waals surface area contributed by atoms with E-state index in [0.717, 1.165) is 12.1 Å². The van der Waals surface area contributed by atoms with Crippen LogP contribution in [0.25, 0.3) is 11.4 Å². The summed E-state index contributed by atoms with van der Waals surface area (Å²) in [7, 11) is 0. The largest absolute Gasteiger partial charge is 0.441 e. The second kappa shape index (κ2) is 7.95. The molecule has 0 aliphatic carbocycles. The molecule has 2 aromatic heterocycles. The molecule has 1 fully saturated rings. The first-order valence-corrected chi connectivity index (χ1v) is 10.0. The van der Waals surface area contributed by atoms with E-state index >= 15 is 0 Å². The molecule has 0 unspecified atom stereocenters. The Bertz CT molecular complexity index is 997. The first-order valence-electron chi connectivity index (χ1n) is 10.0. The van der Waals surface area contributed by atoms with Crippen LogP contribution < -0.4 is 15.5 Å². The smallest absolute Gasteiger partial charge is 0.416 e. The number of aromatic nitrogens is 3. The van der Waals surface area contributed by atoms with E-state index in [1.807, 2.05) is 25.7 Å². The zero-order valence-electron chi connectivity index (χ0n) is 17.3. The third-order valence-electron chi connectivity index (χ3n) is 5.30. The zero-order chi connectivity index (χ0) is 22.3. The van der Waals surface area contributed by atoms with E-state index in [1.165, 1.54) is 6.33 Å². The van der Waals surface area contributed by atoms with Gasteiger partial charge in [-0.3, -0.25) is 5.32 Å². The number of ether oxygens (including phenoxy) is 1. The van der Waals surface area contributed by atoms with E-state index in [2.05, 4.69) is 25.6 Å². The molecule has 2 atom stereocenters. The predicted molar refractivity (Wildman–Crippen MR) is 108 cm³/mol. The number of halogens is 3. The normalized spacial score (nSPS) is 21.5. The van der Waals surface area contributed by atoms with Gasteiger partial charge in [-0.15, -0.1) is 0 Å². The fraction of sp³-hybridized carbons (Fsp3) is 0.500. The average Bonchev–Trinajstić information content (AvgIpc) is 2.71. The monoisotopic (exact) mass is 436 g/mol. The van der Waals surface area contributed by atoms with Crippen molar-refractivity contribution in [3.05, 3.63) is 29.6 Å². The molecule has 0 bridgehead atoms. The maximum absolute atomic E-state index is 13.7. The minimum Gasteiger partial charge on any atom is -0.441 e. The van der Waals surface area contributed by atoms with Gasteiger partial charge >= 0.3 is 12.3 Å². The van der Waals surface area contributed by atoms with E-state index in [1.54, 1.807) is 0 Å². The van der Waals surface area contributed by atoms with E-state index in [4.69, 9.17) is 4.74 Å². The van der Waals surface area contributed by atoms with Gasteiger partial charge in [0, 0.05) is 25.7 Å². The molecule has 0 aromatic carbocycles. The zero-order valence-corrected chi connectivity index (χ0v) is 17.3. The van der Waals surface area contributed by atoms with Crippen LogP contribution in [0.3, 0.4) is 0 Å². The van der Waals surface area contributed by atoms with Crippen molar-refractivity contribution in [2.45, 2.75) is 39.1 Å². The molecule has 0 spiro atoms. The Balaban J connectivity index is 1.88. The van der Waals surface area contributed by atoms with Crippen LogP contribution in [0.15, 0.2) is 18.5 Å². The molecule has 11 heteroatoms. The van der Waals surface area contributed by atoms with Crippen molar-refractivity contribution in [1.82, 2.24) is 20.3 Å². The average molecular weight is 436 g/mol. The van der Waals surface area contributed by atoms with Crippen molar-refractivity contribution in [1.29, 1.82) is 0 Å². The number of rotatable bonds is 3. The Hall–Kier alpha value is -2.95. The molecule has 0 saturated carbocycles. The summed E-state index contributed by atoms with van der Waals surface area (Å²) < 4.78 is 46.6. The number of nitrogens with one attached hydrogen (secondary N) is 2. The molecule has 2 aliphatic rings. The van der Waals surface area contributed by atoms with Gasteiger partial charge in [0.15, 0.2) is 0 Å². The third-order valence-corrected chi connectivity index (χ3v) is 5.30. The van der Waals surface area contributed by atoms with Crippen LogP contribution in [-0.2, 0) is 10.9 Å². The molecule has 2 aromatic rings. The number of carbonyl (C=O) groups excluding carboxylic acids is 1. The number of carbonyl (C=O) groups is 1. The highest BCUT2D eigenvalue weighted by Gasteiger charge is 2.36. The Morgan fingerprint density at radius 3 is 2.71 bits per heavy atom. The molecule has 8 nitrogen and oxygen atoms in total. The van der Waals surface area contributed by atoms with E-state index in [9.17, 15) is 18.0 Å². The lowest BCUT2D eigenvalue weighted by molar-refractivity contribution is -0.137. The molecule has 2 N–H and O–H groups in total. The highest BCUT2D eigenvalue weighted by Crippen LogP contribution is 2.41. The summed E-state index contributed by atoms with van der Waals surface area (Å²) in [6.07, 6.45) is -4.73. The Morgan fingerprint density at radius 1 is 1.26 bits per heavy atom. The summed E-state index contributed by atoms with van der Waals surface area (Å²) in [6.45, 7) is 7.37. The van der Waals surface area contributed by atoms with Crippen molar-refractivity contribution in [3.8, 4) is 11.4 Å². The fourth-order valence-corrected chi connectivity index (χ4v) is 3.84. The van der Waals surface area contributed by atoms with Crippen molar-refractivity contribution in [2.75, 3.05) is 29.9 Å². The first-order chi connectivity index (χ1) is 14.6. The fourth-order valence-electron chi connectivity index (χ4n) is 3.84. The van der Waals surface area contributed by atoms with Gasteiger partial charge in [0.1, 0.15) is 29.8 Å². The van der Waals surface area contributed by atoms with Gasteiger partial charge in [-0.1, -0.05) is 13.8 Å². The molecular formula is C20H23F3N6O2. The van der Waals surface area contributed by atoms with Gasteiger partial charge in [0.25, 0.3) is 0 Å². The highest BCUT2D eigenvalue weighted by molar-refractivity contribution is 5.88. The van der Waals surface area contributed by atoms with Crippen molar-refractivity contribution in [2.24, 2.45) is 5.92 Å². The third kappa shape index (κ3) is 4.27. The van der Waals surface area contributed by atoms with Crippen LogP contribution in [0, 0.1) is 5.92 Å². The van der Waals surface area contributed by atoms with Gasteiger partial charge in [0.2, 0.25) is 0 Å². The molecule has 4 heterocycles. The number of amides is 1. The summed E-state index contributed by atoms with van der Waals surface area (Å²) in [5.41, 5.74) is -0.129. The maximum atomic E-state index is 13.7. The lowest BCUT2D eigenvalue weighted by Gasteiger charge is -2.33. The predicted octanol–water partition coefficient (Wildman–Crippen LogP) is 3.61. The Morgan fingerprint density at radius 2 is 2.03 bits per heavy atom. The summed E-state index contributed by atoms with van der Waals surface area (Å²) in [4.78, 5) is 26.6. The van der Waals surface area contributed by atoms with Crippen molar-refractivity contribution < 1.29 is 22.7 Å². The molecule has 2 aliphatic heterocycles. The maximum Gasteiger partial charge on any atom is 0.416 e. The van der Waals surface area contributed by atoms with E-state index in [0.29, 0.717) is 25.2 Å². The summed E-state index contributed by atoms with van der Waals surface area (Å²) >= 11 is 0. The number of cyclic esters (lactones) is 1. The lowest BCUT2D eigenvalue weighted by Crippen LogP contribution is -2.49. The number of piperazine rings is 1. The molecule has 166 valence electrons.